The van der Waals surface area contributed by atoms with Gasteiger partial charge < -0.3 is 15.4 Å². The van der Waals surface area contributed by atoms with Crippen molar-refractivity contribution in [1.82, 2.24) is 4.90 Å². The van der Waals surface area contributed by atoms with Crippen molar-refractivity contribution in [1.29, 1.82) is 0 Å². The third-order valence-corrected chi connectivity index (χ3v) is 1.70. The summed E-state index contributed by atoms with van der Waals surface area (Å²) in [6.07, 6.45) is 1.79. The summed E-state index contributed by atoms with van der Waals surface area (Å²) in [6, 6.07) is -0.285. The third-order valence-electron chi connectivity index (χ3n) is 1.70. The molecule has 11 heavy (non-hydrogen) atoms. The first-order valence-electron chi connectivity index (χ1n) is 3.47. The second-order valence-electron chi connectivity index (χ2n) is 2.61. The molecular formula is C7H12N2O2. The van der Waals surface area contributed by atoms with Crippen molar-refractivity contribution in [2.75, 3.05) is 6.73 Å². The summed E-state index contributed by atoms with van der Waals surface area (Å²) in [5, 5.41) is 0. The monoisotopic (exact) mass is 156 g/mol. The molecule has 1 amide bonds. The van der Waals surface area contributed by atoms with E-state index >= 15 is 0 Å². The molecule has 4 heteroatoms. The van der Waals surface area contributed by atoms with Crippen LogP contribution in [0.2, 0.25) is 0 Å². The highest BCUT2D eigenvalue weighted by atomic mass is 16.5. The molecule has 1 heterocycles. The van der Waals surface area contributed by atoms with Crippen molar-refractivity contribution in [3.05, 3.63) is 12.0 Å². The zero-order chi connectivity index (χ0) is 8.43. The Morgan fingerprint density at radius 1 is 1.91 bits per heavy atom. The SMILES string of the molecule is CC1=CN(C(C)C(N)=O)CO1. The van der Waals surface area contributed by atoms with Gasteiger partial charge in [-0.25, -0.2) is 0 Å². The summed E-state index contributed by atoms with van der Waals surface area (Å²) in [6.45, 7) is 4.02. The highest BCUT2D eigenvalue weighted by molar-refractivity contribution is 5.79. The fraction of sp³-hybridized carbons (Fsp3) is 0.571. The highest BCUT2D eigenvalue weighted by Crippen LogP contribution is 2.12. The molecule has 2 N–H and O–H groups in total. The van der Waals surface area contributed by atoms with E-state index in [2.05, 4.69) is 0 Å². The van der Waals surface area contributed by atoms with E-state index < -0.39 is 0 Å². The lowest BCUT2D eigenvalue weighted by atomic mass is 10.3. The Kier molecular flexibility index (Phi) is 2.03. The predicted octanol–water partition coefficient (Wildman–Crippen LogP) is 0.0112. The molecule has 1 aliphatic heterocycles. The van der Waals surface area contributed by atoms with Crippen LogP contribution in [0.25, 0.3) is 0 Å². The molecule has 0 aromatic rings. The second-order valence-corrected chi connectivity index (χ2v) is 2.61. The fourth-order valence-corrected chi connectivity index (χ4v) is 0.871. The van der Waals surface area contributed by atoms with Gasteiger partial charge >= 0.3 is 0 Å². The largest absolute Gasteiger partial charge is 0.476 e. The lowest BCUT2D eigenvalue weighted by Crippen LogP contribution is -2.38. The summed E-state index contributed by atoms with van der Waals surface area (Å²) >= 11 is 0. The number of amides is 1. The Hall–Kier alpha value is -1.19. The molecule has 0 saturated carbocycles. The molecule has 0 radical (unpaired) electrons. The molecule has 1 atom stereocenters. The summed E-state index contributed by atoms with van der Waals surface area (Å²) in [7, 11) is 0. The normalized spacial score (nSPS) is 19.1. The number of nitrogens with two attached hydrogens (primary N) is 1. The van der Waals surface area contributed by atoms with Crippen molar-refractivity contribution in [3.8, 4) is 0 Å². The van der Waals surface area contributed by atoms with Gasteiger partial charge in [-0.15, -0.1) is 0 Å². The quantitative estimate of drug-likeness (QED) is 0.612. The van der Waals surface area contributed by atoms with Gasteiger partial charge in [-0.05, 0) is 13.8 Å². The molecule has 0 spiro atoms. The van der Waals surface area contributed by atoms with E-state index in [0.29, 0.717) is 6.73 Å². The van der Waals surface area contributed by atoms with Crippen molar-refractivity contribution < 1.29 is 9.53 Å². The molecule has 0 bridgehead atoms. The number of hydrogen-bond acceptors (Lipinski definition) is 3. The van der Waals surface area contributed by atoms with E-state index in [0.717, 1.165) is 5.76 Å². The molecule has 62 valence electrons. The Balaban J connectivity index is 2.56. The average Bonchev–Trinajstić information content (AvgIpc) is 2.34. The van der Waals surface area contributed by atoms with E-state index in [9.17, 15) is 4.79 Å². The fourth-order valence-electron chi connectivity index (χ4n) is 0.871. The molecule has 1 unspecified atom stereocenters. The Labute approximate surface area is 65.6 Å². The predicted molar refractivity (Wildman–Crippen MR) is 40.2 cm³/mol. The smallest absolute Gasteiger partial charge is 0.239 e. The van der Waals surface area contributed by atoms with Crippen LogP contribution in [0.3, 0.4) is 0 Å². The molecular weight excluding hydrogens is 144 g/mol. The molecule has 1 rings (SSSR count). The van der Waals surface area contributed by atoms with Gasteiger partial charge in [0.2, 0.25) is 5.91 Å². The van der Waals surface area contributed by atoms with E-state index in [1.165, 1.54) is 0 Å². The maximum Gasteiger partial charge on any atom is 0.239 e. The molecule has 0 aromatic heterocycles. The van der Waals surface area contributed by atoms with E-state index in [1.807, 2.05) is 6.92 Å². The number of nitrogens with zero attached hydrogens (tertiary/aromatic N) is 1. The van der Waals surface area contributed by atoms with Gasteiger partial charge in [0.1, 0.15) is 11.8 Å². The number of primary amides is 1. The van der Waals surface area contributed by atoms with Crippen LogP contribution in [0.4, 0.5) is 0 Å². The van der Waals surface area contributed by atoms with Crippen LogP contribution in [-0.2, 0) is 9.53 Å². The first-order chi connectivity index (χ1) is 5.11. The number of allylic oxidation sites excluding steroid dienone is 1. The zero-order valence-corrected chi connectivity index (χ0v) is 6.70. The van der Waals surface area contributed by atoms with Crippen LogP contribution >= 0.6 is 0 Å². The van der Waals surface area contributed by atoms with Crippen molar-refractivity contribution in [3.63, 3.8) is 0 Å². The molecule has 0 aromatic carbocycles. The first-order valence-corrected chi connectivity index (χ1v) is 3.47. The minimum Gasteiger partial charge on any atom is -0.476 e. The van der Waals surface area contributed by atoms with E-state index in [1.54, 1.807) is 18.0 Å². The van der Waals surface area contributed by atoms with Crippen molar-refractivity contribution >= 4 is 5.91 Å². The van der Waals surface area contributed by atoms with Crippen LogP contribution in [0.5, 0.6) is 0 Å². The summed E-state index contributed by atoms with van der Waals surface area (Å²) in [5.41, 5.74) is 5.10. The van der Waals surface area contributed by atoms with Crippen LogP contribution in [-0.4, -0.2) is 23.6 Å². The number of hydrogen-bond donors (Lipinski definition) is 1. The second kappa shape index (κ2) is 2.82. The maximum absolute atomic E-state index is 10.7. The number of rotatable bonds is 2. The Morgan fingerprint density at radius 3 is 2.91 bits per heavy atom. The van der Waals surface area contributed by atoms with Gasteiger partial charge in [0, 0.05) is 6.20 Å². The lowest BCUT2D eigenvalue weighted by Gasteiger charge is -2.18. The van der Waals surface area contributed by atoms with Crippen LogP contribution in [0, 0.1) is 0 Å². The maximum atomic E-state index is 10.7. The topological polar surface area (TPSA) is 55.6 Å². The Bertz CT molecular complexity index is 201. The third kappa shape index (κ3) is 1.63. The number of ether oxygens (including phenoxy) is 1. The average molecular weight is 156 g/mol. The van der Waals surface area contributed by atoms with Gasteiger partial charge in [-0.3, -0.25) is 4.79 Å². The van der Waals surface area contributed by atoms with Gasteiger partial charge in [-0.2, -0.15) is 0 Å². The van der Waals surface area contributed by atoms with Gasteiger partial charge in [0.05, 0.1) is 0 Å². The molecule has 1 aliphatic rings. The minimum atomic E-state index is -0.334. The summed E-state index contributed by atoms with van der Waals surface area (Å²) in [4.78, 5) is 12.5. The molecule has 0 saturated heterocycles. The summed E-state index contributed by atoms with van der Waals surface area (Å²) < 4.78 is 5.12. The van der Waals surface area contributed by atoms with Crippen LogP contribution in [0.1, 0.15) is 13.8 Å². The van der Waals surface area contributed by atoms with Crippen molar-refractivity contribution in [2.45, 2.75) is 19.9 Å². The van der Waals surface area contributed by atoms with E-state index in [-0.39, 0.29) is 11.9 Å². The lowest BCUT2D eigenvalue weighted by molar-refractivity contribution is -0.122. The molecule has 0 fully saturated rings. The summed E-state index contributed by atoms with van der Waals surface area (Å²) in [5.74, 6) is 0.484. The van der Waals surface area contributed by atoms with Crippen LogP contribution < -0.4 is 5.73 Å². The highest BCUT2D eigenvalue weighted by Gasteiger charge is 2.20. The molecule has 4 nitrogen and oxygen atoms in total. The first kappa shape index (κ1) is 7.91. The Morgan fingerprint density at radius 2 is 2.55 bits per heavy atom. The zero-order valence-electron chi connectivity index (χ0n) is 6.70. The van der Waals surface area contributed by atoms with Gasteiger partial charge in [0.25, 0.3) is 0 Å². The number of carbonyl (C=O) groups excluding carboxylic acids is 1. The standard InChI is InChI=1S/C7H12N2O2/c1-5-3-9(4-11-5)6(2)7(8)10/h3,6H,4H2,1-2H3,(H2,8,10). The van der Waals surface area contributed by atoms with Gasteiger partial charge in [0.15, 0.2) is 6.73 Å². The minimum absolute atomic E-state index is 0.285. The van der Waals surface area contributed by atoms with Gasteiger partial charge in [-0.1, -0.05) is 0 Å². The number of carbonyl (C=O) groups is 1. The van der Waals surface area contributed by atoms with Crippen LogP contribution in [0.15, 0.2) is 12.0 Å². The van der Waals surface area contributed by atoms with E-state index in [4.69, 9.17) is 10.5 Å². The molecule has 0 aliphatic carbocycles. The van der Waals surface area contributed by atoms with Crippen molar-refractivity contribution in [2.24, 2.45) is 5.73 Å².